The minimum atomic E-state index is -0.247. The van der Waals surface area contributed by atoms with Crippen molar-refractivity contribution < 1.29 is 19.1 Å². The number of methoxy groups -OCH3 is 2. The Kier molecular flexibility index (Phi) is 9.12. The maximum absolute atomic E-state index is 13.0. The van der Waals surface area contributed by atoms with Crippen LogP contribution >= 0.6 is 15.9 Å². The van der Waals surface area contributed by atoms with Crippen LogP contribution in [0.4, 0.5) is 17.1 Å². The summed E-state index contributed by atoms with van der Waals surface area (Å²) >= 11 is 3.36. The van der Waals surface area contributed by atoms with Gasteiger partial charge in [-0.1, -0.05) is 28.1 Å². The van der Waals surface area contributed by atoms with Crippen LogP contribution in [0, 0.1) is 0 Å². The van der Waals surface area contributed by atoms with Crippen LogP contribution in [0.5, 0.6) is 11.6 Å². The van der Waals surface area contributed by atoms with Crippen molar-refractivity contribution in [3.8, 4) is 22.9 Å². The molecule has 0 saturated carbocycles. The lowest BCUT2D eigenvalue weighted by atomic mass is 10.1. The lowest BCUT2D eigenvalue weighted by Crippen LogP contribution is -2.34. The zero-order valence-corrected chi connectivity index (χ0v) is 21.3. The Morgan fingerprint density at radius 2 is 1.62 bits per heavy atom. The van der Waals surface area contributed by atoms with Gasteiger partial charge in [0.1, 0.15) is 12.3 Å². The van der Waals surface area contributed by atoms with Crippen LogP contribution in [0.1, 0.15) is 0 Å². The first-order valence-corrected chi connectivity index (χ1v) is 11.8. The van der Waals surface area contributed by atoms with Crippen molar-refractivity contribution in [3.05, 3.63) is 60.7 Å². The van der Waals surface area contributed by atoms with E-state index in [1.807, 2.05) is 67.5 Å². The highest BCUT2D eigenvalue weighted by molar-refractivity contribution is 9.09. The number of rotatable bonds is 11. The van der Waals surface area contributed by atoms with E-state index in [1.165, 1.54) is 0 Å². The molecule has 34 heavy (non-hydrogen) atoms. The molecular weight excluding hydrogens is 500 g/mol. The number of carbonyl (C=O) groups is 1. The third-order valence-corrected chi connectivity index (χ3v) is 5.31. The van der Waals surface area contributed by atoms with Crippen LogP contribution in [0.25, 0.3) is 11.3 Å². The Balaban J connectivity index is 1.82. The molecule has 0 saturated heterocycles. The molecule has 2 aromatic carbocycles. The number of hydrogen-bond acceptors (Lipinski definition) is 7. The van der Waals surface area contributed by atoms with Gasteiger partial charge in [-0.3, -0.25) is 9.63 Å². The SMILES string of the molecule is COc1ccc(N(CC(=O)Nc2ccc(OC)nc2-c2ccc(N(C)C)cc2)OCCBr)cc1. The van der Waals surface area contributed by atoms with Gasteiger partial charge in [-0.05, 0) is 42.5 Å². The minimum Gasteiger partial charge on any atom is -0.497 e. The third kappa shape index (κ3) is 6.61. The van der Waals surface area contributed by atoms with E-state index in [-0.39, 0.29) is 12.5 Å². The molecule has 1 aromatic heterocycles. The normalized spacial score (nSPS) is 10.5. The highest BCUT2D eigenvalue weighted by Gasteiger charge is 2.16. The van der Waals surface area contributed by atoms with Crippen LogP contribution in [0.3, 0.4) is 0 Å². The molecule has 1 heterocycles. The summed E-state index contributed by atoms with van der Waals surface area (Å²) in [7, 11) is 7.14. The van der Waals surface area contributed by atoms with E-state index in [9.17, 15) is 4.79 Å². The topological polar surface area (TPSA) is 76.2 Å². The molecule has 0 aliphatic rings. The monoisotopic (exact) mass is 528 g/mol. The van der Waals surface area contributed by atoms with Crippen molar-refractivity contribution >= 4 is 38.9 Å². The maximum atomic E-state index is 13.0. The van der Waals surface area contributed by atoms with Gasteiger partial charge in [-0.15, -0.1) is 0 Å². The molecule has 3 aromatic rings. The number of alkyl halides is 1. The lowest BCUT2D eigenvalue weighted by Gasteiger charge is -2.23. The first-order chi connectivity index (χ1) is 16.4. The Morgan fingerprint density at radius 1 is 0.941 bits per heavy atom. The maximum Gasteiger partial charge on any atom is 0.246 e. The van der Waals surface area contributed by atoms with Gasteiger partial charge in [0.25, 0.3) is 0 Å². The summed E-state index contributed by atoms with van der Waals surface area (Å²) in [5.74, 6) is 0.941. The van der Waals surface area contributed by atoms with E-state index in [0.717, 1.165) is 22.7 Å². The van der Waals surface area contributed by atoms with E-state index >= 15 is 0 Å². The van der Waals surface area contributed by atoms with Crippen molar-refractivity contribution in [2.24, 2.45) is 0 Å². The van der Waals surface area contributed by atoms with Gasteiger partial charge in [0.05, 0.1) is 37.9 Å². The molecule has 0 fully saturated rings. The number of ether oxygens (including phenoxy) is 2. The molecule has 0 aliphatic carbocycles. The third-order valence-electron chi connectivity index (χ3n) is 4.98. The molecule has 180 valence electrons. The molecule has 1 N–H and O–H groups in total. The number of aromatic nitrogens is 1. The second kappa shape index (κ2) is 12.2. The van der Waals surface area contributed by atoms with E-state index in [1.54, 1.807) is 31.4 Å². The summed E-state index contributed by atoms with van der Waals surface area (Å²) < 4.78 is 10.5. The van der Waals surface area contributed by atoms with Gasteiger partial charge in [-0.2, -0.15) is 0 Å². The highest BCUT2D eigenvalue weighted by atomic mass is 79.9. The van der Waals surface area contributed by atoms with Crippen molar-refractivity contribution in [1.29, 1.82) is 0 Å². The number of amides is 1. The predicted molar refractivity (Wildman–Crippen MR) is 139 cm³/mol. The lowest BCUT2D eigenvalue weighted by molar-refractivity contribution is -0.116. The molecule has 0 spiro atoms. The molecule has 8 nitrogen and oxygen atoms in total. The van der Waals surface area contributed by atoms with Crippen LogP contribution in [-0.4, -0.2) is 57.7 Å². The number of anilines is 3. The standard InChI is InChI=1S/C25H29BrN4O4/c1-29(2)19-7-5-18(6-8-19)25-22(13-14-24(28-25)33-4)27-23(31)17-30(34-16-15-26)20-9-11-21(32-3)12-10-20/h5-14H,15-17H2,1-4H3,(H,27,31). The molecule has 1 amide bonds. The van der Waals surface area contributed by atoms with E-state index < -0.39 is 0 Å². The second-order valence-corrected chi connectivity index (χ2v) is 8.29. The number of hydroxylamine groups is 1. The zero-order valence-electron chi connectivity index (χ0n) is 19.7. The Labute approximate surface area is 208 Å². The van der Waals surface area contributed by atoms with Crippen molar-refractivity contribution in [2.45, 2.75) is 0 Å². The summed E-state index contributed by atoms with van der Waals surface area (Å²) in [6, 6.07) is 18.8. The van der Waals surface area contributed by atoms with Crippen molar-refractivity contribution in [2.75, 3.05) is 62.1 Å². The van der Waals surface area contributed by atoms with Crippen LogP contribution in [0.2, 0.25) is 0 Å². The Bertz CT molecular complexity index is 1080. The summed E-state index contributed by atoms with van der Waals surface area (Å²) in [6.07, 6.45) is 0. The fourth-order valence-electron chi connectivity index (χ4n) is 3.22. The molecule has 0 radical (unpaired) electrons. The first-order valence-electron chi connectivity index (χ1n) is 10.7. The molecule has 0 unspecified atom stereocenters. The van der Waals surface area contributed by atoms with Gasteiger partial charge in [0.2, 0.25) is 11.8 Å². The molecular formula is C25H29BrN4O4. The van der Waals surface area contributed by atoms with Crippen LogP contribution < -0.4 is 24.8 Å². The molecule has 0 aliphatic heterocycles. The second-order valence-electron chi connectivity index (χ2n) is 7.50. The zero-order chi connectivity index (χ0) is 24.5. The molecule has 0 atom stereocenters. The van der Waals surface area contributed by atoms with Crippen molar-refractivity contribution in [1.82, 2.24) is 4.98 Å². The van der Waals surface area contributed by atoms with Gasteiger partial charge in [0.15, 0.2) is 0 Å². The Morgan fingerprint density at radius 3 is 2.21 bits per heavy atom. The summed E-state index contributed by atoms with van der Waals surface area (Å²) in [5.41, 5.74) is 3.87. The fourth-order valence-corrected chi connectivity index (χ4v) is 3.36. The summed E-state index contributed by atoms with van der Waals surface area (Å²) in [5, 5.41) is 5.16. The van der Waals surface area contributed by atoms with Gasteiger partial charge in [-0.25, -0.2) is 10.0 Å². The fraction of sp³-hybridized carbons (Fsp3) is 0.280. The van der Waals surface area contributed by atoms with E-state index in [2.05, 4.69) is 26.2 Å². The minimum absolute atomic E-state index is 0.00956. The average molecular weight is 529 g/mol. The number of benzene rings is 2. The number of halogens is 1. The predicted octanol–water partition coefficient (Wildman–Crippen LogP) is 4.60. The average Bonchev–Trinajstić information content (AvgIpc) is 2.87. The van der Waals surface area contributed by atoms with Crippen molar-refractivity contribution in [3.63, 3.8) is 0 Å². The quantitative estimate of drug-likeness (QED) is 0.287. The largest absolute Gasteiger partial charge is 0.497 e. The van der Waals surface area contributed by atoms with E-state index in [0.29, 0.717) is 29.2 Å². The Hall–Kier alpha value is -3.30. The van der Waals surface area contributed by atoms with Gasteiger partial charge >= 0.3 is 0 Å². The number of nitrogens with one attached hydrogen (secondary N) is 1. The number of pyridine rings is 1. The van der Waals surface area contributed by atoms with Gasteiger partial charge in [0, 0.05) is 36.7 Å². The smallest absolute Gasteiger partial charge is 0.246 e. The summed E-state index contributed by atoms with van der Waals surface area (Å²) in [6.45, 7) is 0.400. The van der Waals surface area contributed by atoms with E-state index in [4.69, 9.17) is 14.3 Å². The number of hydrogen-bond donors (Lipinski definition) is 1. The molecule has 9 heteroatoms. The summed E-state index contributed by atoms with van der Waals surface area (Å²) in [4.78, 5) is 25.4. The van der Waals surface area contributed by atoms with Crippen LogP contribution in [0.15, 0.2) is 60.7 Å². The number of carbonyl (C=O) groups excluding carboxylic acids is 1. The molecule has 0 bridgehead atoms. The van der Waals surface area contributed by atoms with Gasteiger partial charge < -0.3 is 19.7 Å². The van der Waals surface area contributed by atoms with Crippen LogP contribution in [-0.2, 0) is 9.63 Å². The first kappa shape index (κ1) is 25.3. The number of nitrogens with zero attached hydrogens (tertiary/aromatic N) is 3. The highest BCUT2D eigenvalue weighted by Crippen LogP contribution is 2.30. The molecule has 3 rings (SSSR count).